The van der Waals surface area contributed by atoms with E-state index in [9.17, 15) is 5.11 Å². The Hall–Kier alpha value is -1.36. The zero-order chi connectivity index (χ0) is 14.7. The molecule has 0 bridgehead atoms. The molecule has 0 radical (unpaired) electrons. The van der Waals surface area contributed by atoms with Gasteiger partial charge in [-0.1, -0.05) is 12.1 Å². The number of hydrogen-bond acceptors (Lipinski definition) is 4. The minimum absolute atomic E-state index is 0.0593. The van der Waals surface area contributed by atoms with Gasteiger partial charge in [-0.05, 0) is 54.0 Å². The molecular weight excluding hydrogens is 282 g/mol. The second kappa shape index (κ2) is 6.60. The van der Waals surface area contributed by atoms with Crippen LogP contribution in [0.2, 0.25) is 0 Å². The molecule has 21 heavy (non-hydrogen) atoms. The largest absolute Gasteiger partial charge is 0.497 e. The van der Waals surface area contributed by atoms with Crippen molar-refractivity contribution in [2.75, 3.05) is 13.7 Å². The van der Waals surface area contributed by atoms with Crippen molar-refractivity contribution >= 4 is 11.3 Å². The predicted octanol–water partition coefficient (Wildman–Crippen LogP) is 3.46. The van der Waals surface area contributed by atoms with Crippen LogP contribution in [0.5, 0.6) is 5.75 Å². The summed E-state index contributed by atoms with van der Waals surface area (Å²) >= 11 is 1.84. The van der Waals surface area contributed by atoms with Gasteiger partial charge in [-0.2, -0.15) is 0 Å². The second-order valence-corrected chi connectivity index (χ2v) is 6.42. The first kappa shape index (κ1) is 14.6. The molecule has 0 saturated heterocycles. The van der Waals surface area contributed by atoms with Crippen molar-refractivity contribution in [2.45, 2.75) is 31.3 Å². The summed E-state index contributed by atoms with van der Waals surface area (Å²) in [6, 6.07) is 10.4. The van der Waals surface area contributed by atoms with Crippen LogP contribution in [0.4, 0.5) is 0 Å². The van der Waals surface area contributed by atoms with Gasteiger partial charge in [0.15, 0.2) is 0 Å². The first-order valence-corrected chi connectivity index (χ1v) is 8.27. The summed E-state index contributed by atoms with van der Waals surface area (Å²) in [5.74, 6) is 0.826. The van der Waals surface area contributed by atoms with E-state index in [0.717, 1.165) is 17.7 Å². The van der Waals surface area contributed by atoms with Gasteiger partial charge in [-0.3, -0.25) is 0 Å². The Bertz CT molecular complexity index is 596. The molecule has 1 heterocycles. The Morgan fingerprint density at radius 1 is 1.43 bits per heavy atom. The van der Waals surface area contributed by atoms with Crippen LogP contribution in [0, 0.1) is 0 Å². The molecule has 1 aliphatic rings. The lowest BCUT2D eigenvalue weighted by molar-refractivity contribution is 0.228. The molecule has 0 fully saturated rings. The Labute approximate surface area is 129 Å². The average Bonchev–Trinajstić information content (AvgIpc) is 3.02. The summed E-state index contributed by atoms with van der Waals surface area (Å²) in [5, 5.41) is 15.6. The van der Waals surface area contributed by atoms with Crippen LogP contribution in [0.25, 0.3) is 0 Å². The maximum absolute atomic E-state index is 9.77. The Morgan fingerprint density at radius 3 is 3.14 bits per heavy atom. The fourth-order valence-electron chi connectivity index (χ4n) is 3.02. The minimum Gasteiger partial charge on any atom is -0.497 e. The van der Waals surface area contributed by atoms with E-state index in [2.05, 4.69) is 16.8 Å². The van der Waals surface area contributed by atoms with Gasteiger partial charge in [0.25, 0.3) is 0 Å². The van der Waals surface area contributed by atoms with E-state index in [1.807, 2.05) is 35.6 Å². The van der Waals surface area contributed by atoms with E-state index in [1.54, 1.807) is 7.11 Å². The Morgan fingerprint density at radius 2 is 2.33 bits per heavy atom. The Balaban J connectivity index is 1.79. The maximum atomic E-state index is 9.77. The highest BCUT2D eigenvalue weighted by Gasteiger charge is 2.24. The number of fused-ring (bicyclic) bond motifs is 1. The molecule has 3 rings (SSSR count). The molecule has 2 N–H and O–H groups in total. The number of benzene rings is 1. The summed E-state index contributed by atoms with van der Waals surface area (Å²) in [4.78, 5) is 1.49. The molecule has 2 atom stereocenters. The van der Waals surface area contributed by atoms with Gasteiger partial charge in [0.05, 0.1) is 19.8 Å². The fraction of sp³-hybridized carbons (Fsp3) is 0.412. The molecule has 0 saturated carbocycles. The molecule has 1 aromatic heterocycles. The van der Waals surface area contributed by atoms with E-state index < -0.39 is 0 Å². The molecule has 2 unspecified atom stereocenters. The van der Waals surface area contributed by atoms with Crippen LogP contribution in [-0.4, -0.2) is 18.8 Å². The van der Waals surface area contributed by atoms with E-state index in [4.69, 9.17) is 4.74 Å². The molecule has 4 heteroatoms. The van der Waals surface area contributed by atoms with E-state index in [1.165, 1.54) is 23.3 Å². The molecule has 0 aliphatic heterocycles. The van der Waals surface area contributed by atoms with Crippen molar-refractivity contribution in [1.82, 2.24) is 5.32 Å². The van der Waals surface area contributed by atoms with Crippen LogP contribution in [0.1, 0.15) is 40.9 Å². The van der Waals surface area contributed by atoms with Gasteiger partial charge in [-0.15, -0.1) is 11.3 Å². The number of hydrogen-bond donors (Lipinski definition) is 2. The lowest BCUT2D eigenvalue weighted by Crippen LogP contribution is -2.30. The summed E-state index contributed by atoms with van der Waals surface area (Å²) in [6.07, 6.45) is 3.53. The number of methoxy groups -OCH3 is 1. The second-order valence-electron chi connectivity index (χ2n) is 5.42. The smallest absolute Gasteiger partial charge is 0.119 e. The highest BCUT2D eigenvalue weighted by Crippen LogP contribution is 2.35. The molecule has 0 amide bonds. The molecule has 1 aliphatic carbocycles. The third-order valence-electron chi connectivity index (χ3n) is 4.13. The van der Waals surface area contributed by atoms with Gasteiger partial charge in [0, 0.05) is 10.9 Å². The molecule has 0 spiro atoms. The summed E-state index contributed by atoms with van der Waals surface area (Å²) in [6.45, 7) is 0.0864. The number of ether oxygens (including phenoxy) is 1. The number of rotatable bonds is 5. The van der Waals surface area contributed by atoms with Gasteiger partial charge >= 0.3 is 0 Å². The van der Waals surface area contributed by atoms with Crippen molar-refractivity contribution in [3.05, 3.63) is 51.7 Å². The topological polar surface area (TPSA) is 41.5 Å². The highest BCUT2D eigenvalue weighted by atomic mass is 32.1. The molecule has 2 aromatic rings. The standard InChI is InChI=1S/C17H21NO2S/c1-20-13-5-2-4-12(10-13)16(11-19)18-15-6-3-7-17-14(15)8-9-21-17/h2,4-5,8-10,15-16,18-19H,3,6-7,11H2,1H3. The SMILES string of the molecule is COc1cccc(C(CO)NC2CCCc3sccc32)c1. The lowest BCUT2D eigenvalue weighted by Gasteiger charge is -2.28. The number of aliphatic hydroxyl groups is 1. The van der Waals surface area contributed by atoms with Crippen molar-refractivity contribution in [3.63, 3.8) is 0 Å². The lowest BCUT2D eigenvalue weighted by atomic mass is 9.92. The van der Waals surface area contributed by atoms with E-state index in [-0.39, 0.29) is 12.6 Å². The first-order chi connectivity index (χ1) is 10.3. The Kier molecular flexibility index (Phi) is 4.58. The third-order valence-corrected chi connectivity index (χ3v) is 5.13. The minimum atomic E-state index is -0.0593. The van der Waals surface area contributed by atoms with Crippen LogP contribution in [0.15, 0.2) is 35.7 Å². The van der Waals surface area contributed by atoms with Crippen molar-refractivity contribution in [3.8, 4) is 5.75 Å². The van der Waals surface area contributed by atoms with E-state index in [0.29, 0.717) is 6.04 Å². The zero-order valence-corrected chi connectivity index (χ0v) is 13.0. The predicted molar refractivity (Wildman–Crippen MR) is 86.0 cm³/mol. The summed E-state index contributed by atoms with van der Waals surface area (Å²) in [7, 11) is 1.67. The van der Waals surface area contributed by atoms with E-state index >= 15 is 0 Å². The van der Waals surface area contributed by atoms with Crippen molar-refractivity contribution < 1.29 is 9.84 Å². The number of thiophene rings is 1. The normalized spacial score (nSPS) is 19.0. The van der Waals surface area contributed by atoms with Crippen LogP contribution < -0.4 is 10.1 Å². The van der Waals surface area contributed by atoms with Crippen LogP contribution >= 0.6 is 11.3 Å². The summed E-state index contributed by atoms with van der Waals surface area (Å²) in [5.41, 5.74) is 2.48. The number of aryl methyl sites for hydroxylation is 1. The monoisotopic (exact) mass is 303 g/mol. The average molecular weight is 303 g/mol. The van der Waals surface area contributed by atoms with Crippen LogP contribution in [0.3, 0.4) is 0 Å². The molecule has 3 nitrogen and oxygen atoms in total. The summed E-state index contributed by atoms with van der Waals surface area (Å²) < 4.78 is 5.28. The van der Waals surface area contributed by atoms with Crippen LogP contribution in [-0.2, 0) is 6.42 Å². The molecule has 112 valence electrons. The van der Waals surface area contributed by atoms with Gasteiger partial charge < -0.3 is 15.2 Å². The molecular formula is C17H21NO2S. The highest BCUT2D eigenvalue weighted by molar-refractivity contribution is 7.10. The van der Waals surface area contributed by atoms with Gasteiger partial charge in [-0.25, -0.2) is 0 Å². The van der Waals surface area contributed by atoms with Gasteiger partial charge in [0.2, 0.25) is 0 Å². The van der Waals surface area contributed by atoms with Gasteiger partial charge in [0.1, 0.15) is 5.75 Å². The fourth-order valence-corrected chi connectivity index (χ4v) is 4.00. The molecule has 1 aromatic carbocycles. The maximum Gasteiger partial charge on any atom is 0.119 e. The number of nitrogens with one attached hydrogen (secondary N) is 1. The van der Waals surface area contributed by atoms with Crippen molar-refractivity contribution in [1.29, 1.82) is 0 Å². The third kappa shape index (κ3) is 3.12. The van der Waals surface area contributed by atoms with Crippen molar-refractivity contribution in [2.24, 2.45) is 0 Å². The quantitative estimate of drug-likeness (QED) is 0.889. The number of aliphatic hydroxyl groups excluding tert-OH is 1. The zero-order valence-electron chi connectivity index (χ0n) is 12.2. The first-order valence-electron chi connectivity index (χ1n) is 7.39.